The first kappa shape index (κ1) is 17.3. The maximum Gasteiger partial charge on any atom is 0.336 e. The molecule has 4 rings (SSSR count). The molecule has 1 N–H and O–H groups in total. The Bertz CT molecular complexity index is 1120. The van der Waals surface area contributed by atoms with E-state index < -0.39 is 10.9 Å². The van der Waals surface area contributed by atoms with E-state index in [0.29, 0.717) is 16.6 Å². The quantitative estimate of drug-likeness (QED) is 0.385. The van der Waals surface area contributed by atoms with Crippen molar-refractivity contribution in [1.29, 1.82) is 0 Å². The molecule has 0 spiro atoms. The number of benzene rings is 1. The van der Waals surface area contributed by atoms with E-state index in [1.54, 1.807) is 12.3 Å². The fourth-order valence-corrected chi connectivity index (χ4v) is 3.30. The normalized spacial score (nSPS) is 17.2. The summed E-state index contributed by atoms with van der Waals surface area (Å²) in [7, 11) is 0. The predicted molar refractivity (Wildman–Crippen MR) is 96.2 cm³/mol. The van der Waals surface area contributed by atoms with E-state index in [4.69, 9.17) is 4.42 Å². The minimum Gasteiger partial charge on any atom is -0.508 e. The zero-order chi connectivity index (χ0) is 19.1. The van der Waals surface area contributed by atoms with Gasteiger partial charge in [-0.3, -0.25) is 14.5 Å². The summed E-state index contributed by atoms with van der Waals surface area (Å²) in [6.45, 7) is 0.261. The largest absolute Gasteiger partial charge is 0.508 e. The van der Waals surface area contributed by atoms with Crippen molar-refractivity contribution in [3.63, 3.8) is 0 Å². The van der Waals surface area contributed by atoms with Crippen molar-refractivity contribution >= 4 is 35.4 Å². The Labute approximate surface area is 157 Å². The van der Waals surface area contributed by atoms with E-state index in [0.717, 1.165) is 4.90 Å². The highest BCUT2D eigenvalue weighted by atomic mass is 32.1. The lowest BCUT2D eigenvalue weighted by molar-refractivity contribution is -0.139. The minimum atomic E-state index is -0.612. The molecule has 2 amide bonds. The van der Waals surface area contributed by atoms with Crippen molar-refractivity contribution in [3.8, 4) is 5.75 Å². The Balaban J connectivity index is 1.58. The Kier molecular flexibility index (Phi) is 4.19. The number of aromatic hydroxyl groups is 1. The van der Waals surface area contributed by atoms with Crippen molar-refractivity contribution in [1.82, 2.24) is 19.9 Å². The molecule has 1 unspecified atom stereocenters. The highest BCUT2D eigenvalue weighted by Gasteiger charge is 2.36. The van der Waals surface area contributed by atoms with Crippen LogP contribution in [-0.2, 0) is 22.7 Å². The molecule has 3 aromatic rings. The Hall–Kier alpha value is -3.14. The number of hydrogen-bond donors (Lipinski definition) is 2. The number of carbonyl (C=O) groups is 2. The fourth-order valence-electron chi connectivity index (χ4n) is 3.01. The van der Waals surface area contributed by atoms with Crippen LogP contribution in [-0.4, -0.2) is 42.1 Å². The van der Waals surface area contributed by atoms with Gasteiger partial charge in [0.2, 0.25) is 11.8 Å². The maximum atomic E-state index is 11.9. The van der Waals surface area contributed by atoms with Crippen LogP contribution in [0.1, 0.15) is 17.7 Å². The second-order valence-corrected chi connectivity index (χ2v) is 6.84. The van der Waals surface area contributed by atoms with Crippen LogP contribution in [0.15, 0.2) is 39.7 Å². The van der Waals surface area contributed by atoms with Gasteiger partial charge in [0.15, 0.2) is 0 Å². The molecule has 1 atom stereocenters. The van der Waals surface area contributed by atoms with Crippen LogP contribution in [0.2, 0.25) is 0 Å². The summed E-state index contributed by atoms with van der Waals surface area (Å²) in [6, 6.07) is 5.86. The van der Waals surface area contributed by atoms with Crippen molar-refractivity contribution in [2.75, 3.05) is 0 Å². The van der Waals surface area contributed by atoms with E-state index in [9.17, 15) is 19.5 Å². The second kappa shape index (κ2) is 6.54. The highest BCUT2D eigenvalue weighted by Crippen LogP contribution is 2.23. The van der Waals surface area contributed by atoms with E-state index in [2.05, 4.69) is 22.9 Å². The third-order valence-corrected chi connectivity index (χ3v) is 4.68. The number of rotatable bonds is 4. The first-order valence-electron chi connectivity index (χ1n) is 8.08. The van der Waals surface area contributed by atoms with Gasteiger partial charge in [-0.1, -0.05) is 5.21 Å². The van der Waals surface area contributed by atoms with Gasteiger partial charge in [0.05, 0.1) is 24.5 Å². The summed E-state index contributed by atoms with van der Waals surface area (Å²) in [4.78, 5) is 36.7. The molecule has 3 heterocycles. The van der Waals surface area contributed by atoms with Crippen LogP contribution in [0.4, 0.5) is 0 Å². The monoisotopic (exact) mass is 386 g/mol. The number of fused-ring (bicyclic) bond motifs is 1. The molecule has 0 saturated carbocycles. The number of phenols is 1. The van der Waals surface area contributed by atoms with Gasteiger partial charge in [0, 0.05) is 23.9 Å². The molecule has 10 heteroatoms. The summed E-state index contributed by atoms with van der Waals surface area (Å²) < 4.78 is 6.60. The van der Waals surface area contributed by atoms with Crippen LogP contribution < -0.4 is 5.63 Å². The molecule has 2 aromatic heterocycles. The van der Waals surface area contributed by atoms with Gasteiger partial charge in [0.25, 0.3) is 0 Å². The molecule has 1 fully saturated rings. The number of amides is 2. The topological polar surface area (TPSA) is 119 Å². The first-order valence-corrected chi connectivity index (χ1v) is 8.59. The molecule has 0 aliphatic carbocycles. The lowest BCUT2D eigenvalue weighted by Crippen LogP contribution is -2.30. The Morgan fingerprint density at radius 1 is 1.22 bits per heavy atom. The van der Waals surface area contributed by atoms with Crippen molar-refractivity contribution in [3.05, 3.63) is 52.1 Å². The van der Waals surface area contributed by atoms with Gasteiger partial charge in [-0.2, -0.15) is 12.6 Å². The van der Waals surface area contributed by atoms with Crippen molar-refractivity contribution < 1.29 is 19.1 Å². The first-order chi connectivity index (χ1) is 12.9. The van der Waals surface area contributed by atoms with Crippen LogP contribution >= 0.6 is 12.6 Å². The average molecular weight is 386 g/mol. The standard InChI is InChI=1S/C17H14N4O5S/c22-11-1-2-12-9(3-16(24)26-13(12)4-11)6-20-7-10(18-19-20)8-21-15(23)5-14(27)17(21)25/h1-4,7,14,22,27H,5-6,8H2. The maximum absolute atomic E-state index is 11.9. The number of thiol groups is 1. The number of imide groups is 1. The number of likely N-dealkylation sites (tertiary alicyclic amines) is 1. The summed E-state index contributed by atoms with van der Waals surface area (Å²) in [5.74, 6) is -0.640. The Morgan fingerprint density at radius 3 is 2.78 bits per heavy atom. The summed E-state index contributed by atoms with van der Waals surface area (Å²) >= 11 is 4.09. The third kappa shape index (κ3) is 3.31. The predicted octanol–water partition coefficient (Wildman–Crippen LogP) is 0.696. The summed E-state index contributed by atoms with van der Waals surface area (Å²) in [6.07, 6.45) is 1.68. The Morgan fingerprint density at radius 2 is 2.04 bits per heavy atom. The van der Waals surface area contributed by atoms with Crippen LogP contribution in [0.25, 0.3) is 11.0 Å². The van der Waals surface area contributed by atoms with E-state index >= 15 is 0 Å². The summed E-state index contributed by atoms with van der Waals surface area (Å²) in [5.41, 5.74) is 0.813. The van der Waals surface area contributed by atoms with Gasteiger partial charge in [-0.05, 0) is 17.7 Å². The molecule has 27 heavy (non-hydrogen) atoms. The van der Waals surface area contributed by atoms with Crippen molar-refractivity contribution in [2.24, 2.45) is 0 Å². The van der Waals surface area contributed by atoms with Gasteiger partial charge in [-0.15, -0.1) is 5.10 Å². The summed E-state index contributed by atoms with van der Waals surface area (Å²) in [5, 5.41) is 17.6. The van der Waals surface area contributed by atoms with E-state index in [-0.39, 0.29) is 42.7 Å². The molecular weight excluding hydrogens is 372 g/mol. The number of aromatic nitrogens is 3. The molecule has 0 radical (unpaired) electrons. The molecule has 1 aliphatic rings. The number of hydrogen-bond acceptors (Lipinski definition) is 8. The SMILES string of the molecule is O=C1CC(S)C(=O)N1Cc1cn(Cc2cc(=O)oc3cc(O)ccc23)nn1. The van der Waals surface area contributed by atoms with Gasteiger partial charge < -0.3 is 9.52 Å². The zero-order valence-corrected chi connectivity index (χ0v) is 14.8. The molecule has 138 valence electrons. The van der Waals surface area contributed by atoms with E-state index in [1.807, 2.05) is 0 Å². The van der Waals surface area contributed by atoms with Crippen LogP contribution in [0.5, 0.6) is 5.75 Å². The number of carbonyl (C=O) groups excluding carboxylic acids is 2. The third-order valence-electron chi connectivity index (χ3n) is 4.27. The van der Waals surface area contributed by atoms with E-state index in [1.165, 1.54) is 22.9 Å². The molecule has 1 aliphatic heterocycles. The average Bonchev–Trinajstić information content (AvgIpc) is 3.14. The van der Waals surface area contributed by atoms with Gasteiger partial charge in [-0.25, -0.2) is 9.48 Å². The van der Waals surface area contributed by atoms with Crippen molar-refractivity contribution in [2.45, 2.75) is 24.8 Å². The number of phenolic OH excluding ortho intramolecular Hbond substituents is 1. The molecular formula is C17H14N4O5S. The van der Waals surface area contributed by atoms with Crippen LogP contribution in [0, 0.1) is 0 Å². The lowest BCUT2D eigenvalue weighted by Gasteiger charge is -2.11. The minimum absolute atomic E-state index is 0.00622. The second-order valence-electron chi connectivity index (χ2n) is 6.22. The smallest absolute Gasteiger partial charge is 0.336 e. The molecule has 1 saturated heterocycles. The highest BCUT2D eigenvalue weighted by molar-refractivity contribution is 7.81. The zero-order valence-electron chi connectivity index (χ0n) is 13.9. The molecule has 0 bridgehead atoms. The lowest BCUT2D eigenvalue weighted by atomic mass is 10.1. The fraction of sp³-hybridized carbons (Fsp3) is 0.235. The number of nitrogens with zero attached hydrogens (tertiary/aromatic N) is 4. The van der Waals surface area contributed by atoms with Gasteiger partial charge in [0.1, 0.15) is 17.0 Å². The molecule has 9 nitrogen and oxygen atoms in total. The van der Waals surface area contributed by atoms with Crippen LogP contribution in [0.3, 0.4) is 0 Å². The molecule has 1 aromatic carbocycles. The van der Waals surface area contributed by atoms with Gasteiger partial charge >= 0.3 is 5.63 Å².